The number of benzene rings is 2. The van der Waals surface area contributed by atoms with Crippen LogP contribution in [0.5, 0.6) is 11.5 Å². The van der Waals surface area contributed by atoms with Crippen LogP contribution in [0.4, 0.5) is 11.4 Å². The van der Waals surface area contributed by atoms with E-state index in [1.807, 2.05) is 6.07 Å². The molecule has 0 amide bonds. The highest BCUT2D eigenvalue weighted by Crippen LogP contribution is 2.37. The molecule has 9 nitrogen and oxygen atoms in total. The Balaban J connectivity index is 2.52. The molecule has 0 radical (unpaired) electrons. The van der Waals surface area contributed by atoms with E-state index >= 15 is 0 Å². The zero-order valence-electron chi connectivity index (χ0n) is 12.9. The van der Waals surface area contributed by atoms with Crippen molar-refractivity contribution in [2.24, 2.45) is 0 Å². The Labute approximate surface area is 141 Å². The van der Waals surface area contributed by atoms with Crippen molar-refractivity contribution in [3.8, 4) is 17.6 Å². The van der Waals surface area contributed by atoms with E-state index in [4.69, 9.17) is 4.74 Å². The van der Waals surface area contributed by atoms with E-state index in [-0.39, 0.29) is 22.6 Å². The SMILES string of the molecule is COc1cc(/C=C(/C#N)c2ccc([N+](=O)[O-])cc2)cc([N+](=O)[O-])c1O. The van der Waals surface area contributed by atoms with Crippen LogP contribution in [0.15, 0.2) is 36.4 Å². The molecule has 0 spiro atoms. The van der Waals surface area contributed by atoms with Crippen molar-refractivity contribution in [3.63, 3.8) is 0 Å². The number of methoxy groups -OCH3 is 1. The predicted molar refractivity (Wildman–Crippen MR) is 87.9 cm³/mol. The second kappa shape index (κ2) is 7.10. The second-order valence-corrected chi connectivity index (χ2v) is 4.82. The Morgan fingerprint density at radius 1 is 1.20 bits per heavy atom. The second-order valence-electron chi connectivity index (χ2n) is 4.82. The van der Waals surface area contributed by atoms with Crippen molar-refractivity contribution in [1.82, 2.24) is 0 Å². The van der Waals surface area contributed by atoms with E-state index in [1.165, 1.54) is 43.5 Å². The average Bonchev–Trinajstić information content (AvgIpc) is 2.60. The molecule has 0 saturated carbocycles. The van der Waals surface area contributed by atoms with Gasteiger partial charge in [0.05, 0.1) is 28.6 Å². The zero-order chi connectivity index (χ0) is 18.6. The van der Waals surface area contributed by atoms with E-state index in [0.29, 0.717) is 5.56 Å². The minimum Gasteiger partial charge on any atom is -0.500 e. The van der Waals surface area contributed by atoms with E-state index in [0.717, 1.165) is 6.07 Å². The van der Waals surface area contributed by atoms with Crippen LogP contribution in [-0.2, 0) is 0 Å². The van der Waals surface area contributed by atoms with E-state index in [1.54, 1.807) is 0 Å². The fourth-order valence-electron chi connectivity index (χ4n) is 2.10. The highest BCUT2D eigenvalue weighted by molar-refractivity contribution is 5.90. The van der Waals surface area contributed by atoms with Crippen molar-refractivity contribution in [2.75, 3.05) is 7.11 Å². The van der Waals surface area contributed by atoms with E-state index in [2.05, 4.69) is 0 Å². The number of phenols is 1. The number of non-ortho nitro benzene ring substituents is 1. The normalized spacial score (nSPS) is 10.8. The molecule has 0 unspecified atom stereocenters. The fourth-order valence-corrected chi connectivity index (χ4v) is 2.10. The smallest absolute Gasteiger partial charge is 0.315 e. The third-order valence-corrected chi connectivity index (χ3v) is 3.31. The Morgan fingerprint density at radius 2 is 1.84 bits per heavy atom. The summed E-state index contributed by atoms with van der Waals surface area (Å²) in [5, 5.41) is 40.8. The Bertz CT molecular complexity index is 913. The predicted octanol–water partition coefficient (Wildman–Crippen LogP) is 3.28. The molecular weight excluding hydrogens is 330 g/mol. The number of nitro groups is 2. The van der Waals surface area contributed by atoms with Crippen LogP contribution in [0.25, 0.3) is 11.6 Å². The van der Waals surface area contributed by atoms with Crippen molar-refractivity contribution in [2.45, 2.75) is 0 Å². The van der Waals surface area contributed by atoms with Crippen molar-refractivity contribution >= 4 is 23.0 Å². The first-order valence-electron chi connectivity index (χ1n) is 6.79. The molecule has 126 valence electrons. The summed E-state index contributed by atoms with van der Waals surface area (Å²) in [7, 11) is 1.24. The van der Waals surface area contributed by atoms with E-state index < -0.39 is 21.3 Å². The number of rotatable bonds is 5. The van der Waals surface area contributed by atoms with Gasteiger partial charge in [0.1, 0.15) is 0 Å². The van der Waals surface area contributed by atoms with Crippen molar-refractivity contribution in [1.29, 1.82) is 5.26 Å². The largest absolute Gasteiger partial charge is 0.500 e. The number of phenolic OH excluding ortho intramolecular Hbond substituents is 1. The molecule has 0 fully saturated rings. The number of nitro benzene ring substituents is 2. The molecule has 9 heteroatoms. The van der Waals surface area contributed by atoms with Crippen LogP contribution in [0.1, 0.15) is 11.1 Å². The minimum absolute atomic E-state index is 0.110. The third kappa shape index (κ3) is 3.70. The van der Waals surface area contributed by atoms with Gasteiger partial charge in [0, 0.05) is 18.2 Å². The van der Waals surface area contributed by atoms with Crippen LogP contribution in [0, 0.1) is 31.6 Å². The Hall–Kier alpha value is -3.93. The summed E-state index contributed by atoms with van der Waals surface area (Å²) < 4.78 is 4.90. The van der Waals surface area contributed by atoms with Gasteiger partial charge in [0.25, 0.3) is 5.69 Å². The van der Waals surface area contributed by atoms with Crippen LogP contribution < -0.4 is 4.74 Å². The maximum Gasteiger partial charge on any atom is 0.315 e. The molecule has 0 aromatic heterocycles. The number of hydrogen-bond acceptors (Lipinski definition) is 7. The maximum atomic E-state index is 11.0. The summed E-state index contributed by atoms with van der Waals surface area (Å²) in [6.07, 6.45) is 1.36. The summed E-state index contributed by atoms with van der Waals surface area (Å²) in [5.41, 5.74) is 0.116. The molecule has 1 N–H and O–H groups in total. The van der Waals surface area contributed by atoms with Gasteiger partial charge in [-0.25, -0.2) is 0 Å². The van der Waals surface area contributed by atoms with Gasteiger partial charge >= 0.3 is 5.69 Å². The first-order valence-corrected chi connectivity index (χ1v) is 6.79. The highest BCUT2D eigenvalue weighted by Gasteiger charge is 2.19. The molecule has 2 aromatic carbocycles. The Kier molecular flexibility index (Phi) is 4.95. The number of nitrogens with zero attached hydrogens (tertiary/aromatic N) is 3. The van der Waals surface area contributed by atoms with Gasteiger partial charge in [-0.1, -0.05) is 0 Å². The third-order valence-electron chi connectivity index (χ3n) is 3.31. The van der Waals surface area contributed by atoms with Gasteiger partial charge in [-0.2, -0.15) is 5.26 Å². The molecule has 0 aliphatic rings. The lowest BCUT2D eigenvalue weighted by atomic mass is 10.0. The quantitative estimate of drug-likeness (QED) is 0.381. The van der Waals surface area contributed by atoms with Gasteiger partial charge in [0.15, 0.2) is 5.75 Å². The standard InChI is InChI=1S/C16H11N3O6/c1-25-15-8-10(7-14(16(15)20)19(23)24)6-12(9-17)11-2-4-13(5-3-11)18(21)22/h2-8,20H,1H3/b12-6-. The first kappa shape index (κ1) is 17.4. The molecule has 0 heterocycles. The van der Waals surface area contributed by atoms with E-state index in [9.17, 15) is 30.6 Å². The monoisotopic (exact) mass is 341 g/mol. The van der Waals surface area contributed by atoms with Crippen molar-refractivity contribution < 1.29 is 19.7 Å². The van der Waals surface area contributed by atoms with Gasteiger partial charge in [-0.15, -0.1) is 0 Å². The van der Waals surface area contributed by atoms with Gasteiger partial charge in [0.2, 0.25) is 5.75 Å². The number of hydrogen-bond donors (Lipinski definition) is 1. The van der Waals surface area contributed by atoms with Crippen LogP contribution in [0.3, 0.4) is 0 Å². The number of ether oxygens (including phenoxy) is 1. The molecule has 2 rings (SSSR count). The topological polar surface area (TPSA) is 140 Å². The maximum absolute atomic E-state index is 11.0. The molecular formula is C16H11N3O6. The van der Waals surface area contributed by atoms with Crippen LogP contribution >= 0.6 is 0 Å². The molecule has 0 aliphatic carbocycles. The highest BCUT2D eigenvalue weighted by atomic mass is 16.6. The summed E-state index contributed by atoms with van der Waals surface area (Å²) in [6.45, 7) is 0. The number of aromatic hydroxyl groups is 1. The average molecular weight is 341 g/mol. The van der Waals surface area contributed by atoms with Gasteiger partial charge < -0.3 is 9.84 Å². The lowest BCUT2D eigenvalue weighted by molar-refractivity contribution is -0.386. The Morgan fingerprint density at radius 3 is 2.32 bits per heavy atom. The van der Waals surface area contributed by atoms with Crippen molar-refractivity contribution in [3.05, 3.63) is 67.8 Å². The summed E-state index contributed by atoms with van der Waals surface area (Å²) in [6, 6.07) is 9.68. The van der Waals surface area contributed by atoms with Gasteiger partial charge in [-0.05, 0) is 35.4 Å². The molecule has 25 heavy (non-hydrogen) atoms. The molecule has 0 saturated heterocycles. The minimum atomic E-state index is -0.771. The van der Waals surface area contributed by atoms with Crippen LogP contribution in [-0.4, -0.2) is 22.1 Å². The summed E-state index contributed by atoms with van der Waals surface area (Å²) in [5.74, 6) is -0.722. The number of allylic oxidation sites excluding steroid dienone is 1. The summed E-state index contributed by atoms with van der Waals surface area (Å²) in [4.78, 5) is 20.3. The number of nitriles is 1. The first-order chi connectivity index (χ1) is 11.9. The van der Waals surface area contributed by atoms with Gasteiger partial charge in [-0.3, -0.25) is 20.2 Å². The zero-order valence-corrected chi connectivity index (χ0v) is 12.9. The summed E-state index contributed by atoms with van der Waals surface area (Å²) >= 11 is 0. The molecule has 0 bridgehead atoms. The van der Waals surface area contributed by atoms with Crippen LogP contribution in [0.2, 0.25) is 0 Å². The molecule has 2 aromatic rings. The molecule has 0 atom stereocenters. The lowest BCUT2D eigenvalue weighted by Crippen LogP contribution is -1.93. The fraction of sp³-hybridized carbons (Fsp3) is 0.0625. The molecule has 0 aliphatic heterocycles. The lowest BCUT2D eigenvalue weighted by Gasteiger charge is -2.06.